The normalized spacial score (nSPS) is 20.2. The molecule has 0 radical (unpaired) electrons. The number of carboxylic acids is 1. The Morgan fingerprint density at radius 1 is 1.38 bits per heavy atom. The molecule has 3 aliphatic rings. The van der Waals surface area contributed by atoms with E-state index in [4.69, 9.17) is 10.6 Å². The van der Waals surface area contributed by atoms with Gasteiger partial charge in [-0.1, -0.05) is 5.16 Å². The fraction of sp³-hybridized carbons (Fsp3) is 0.364. The number of oxime groups is 1. The highest BCUT2D eigenvalue weighted by molar-refractivity contribution is 8.93. The molecule has 198 valence electrons. The summed E-state index contributed by atoms with van der Waals surface area (Å²) in [6, 6.07) is 3.12. The molecular formula is C22H24Br2N6O5S2. The second-order valence-corrected chi connectivity index (χ2v) is 10.3. The number of nitrogens with one attached hydrogen (secondary N) is 1. The molecule has 4 heterocycles. The third-order valence-corrected chi connectivity index (χ3v) is 8.20. The van der Waals surface area contributed by atoms with Crippen LogP contribution in [0.5, 0.6) is 0 Å². The lowest BCUT2D eigenvalue weighted by Gasteiger charge is -2.50. The maximum Gasteiger partial charge on any atom is 0.276 e. The molecule has 11 nitrogen and oxygen atoms in total. The van der Waals surface area contributed by atoms with Crippen molar-refractivity contribution in [2.75, 3.05) is 18.6 Å². The minimum atomic E-state index is -1.41. The molecule has 0 unspecified atom stereocenters. The number of rotatable bonds is 7. The average Bonchev–Trinajstić information content (AvgIpc) is 3.49. The molecule has 0 saturated carbocycles. The molecule has 1 saturated heterocycles. The van der Waals surface area contributed by atoms with Crippen molar-refractivity contribution in [1.29, 1.82) is 0 Å². The van der Waals surface area contributed by atoms with E-state index < -0.39 is 29.2 Å². The first kappa shape index (κ1) is 29.1. The summed E-state index contributed by atoms with van der Waals surface area (Å²) >= 11 is 2.53. The number of hydrogen-bond donors (Lipinski definition) is 2. The Morgan fingerprint density at radius 3 is 2.84 bits per heavy atom. The van der Waals surface area contributed by atoms with E-state index in [0.717, 1.165) is 30.6 Å². The van der Waals surface area contributed by atoms with Gasteiger partial charge in [-0.2, -0.15) is 4.57 Å². The SMILES string of the molecule is Br.Br.CO/N=C(/C(=O)N[C@@H]1C(=O)N2C(C(=O)[O-])=C(C[n+]3cccc4c3CCC4)CS[C@H]12)c1csc(N)n1. The Balaban J connectivity index is 0.00000190. The Morgan fingerprint density at radius 2 is 2.16 bits per heavy atom. The molecule has 0 spiro atoms. The molecule has 2 aromatic rings. The van der Waals surface area contributed by atoms with E-state index in [2.05, 4.69) is 26.1 Å². The number of carbonyl (C=O) groups excluding carboxylic acids is 3. The van der Waals surface area contributed by atoms with E-state index in [-0.39, 0.29) is 56.2 Å². The number of carbonyl (C=O) groups is 3. The smallest absolute Gasteiger partial charge is 0.276 e. The van der Waals surface area contributed by atoms with E-state index in [0.29, 0.717) is 17.9 Å². The lowest BCUT2D eigenvalue weighted by atomic mass is 10.0. The van der Waals surface area contributed by atoms with E-state index >= 15 is 0 Å². The number of thiazole rings is 1. The summed E-state index contributed by atoms with van der Waals surface area (Å²) in [5, 5.41) is 19.7. The summed E-state index contributed by atoms with van der Waals surface area (Å²) in [5.74, 6) is -2.21. The van der Waals surface area contributed by atoms with Crippen LogP contribution in [0.2, 0.25) is 0 Å². The summed E-state index contributed by atoms with van der Waals surface area (Å²) in [6.07, 6.45) is 4.94. The third kappa shape index (κ3) is 5.40. The lowest BCUT2D eigenvalue weighted by molar-refractivity contribution is -0.696. The number of nitrogen functional groups attached to an aromatic ring is 1. The van der Waals surface area contributed by atoms with Crippen LogP contribution in [-0.2, 0) is 38.6 Å². The van der Waals surface area contributed by atoms with Crippen molar-refractivity contribution in [2.45, 2.75) is 37.2 Å². The number of anilines is 1. The number of aliphatic carboxylic acids is 1. The highest BCUT2D eigenvalue weighted by atomic mass is 79.9. The number of aromatic nitrogens is 2. The van der Waals surface area contributed by atoms with Crippen LogP contribution in [0, 0.1) is 0 Å². The Hall–Kier alpha value is -2.49. The van der Waals surface area contributed by atoms with E-state index in [1.165, 1.54) is 35.0 Å². The van der Waals surface area contributed by atoms with E-state index in [9.17, 15) is 19.5 Å². The topological polar surface area (TPSA) is 154 Å². The van der Waals surface area contributed by atoms with Crippen molar-refractivity contribution >= 4 is 85.7 Å². The van der Waals surface area contributed by atoms with Crippen LogP contribution in [-0.4, -0.2) is 57.7 Å². The van der Waals surface area contributed by atoms with Gasteiger partial charge in [0.05, 0.1) is 11.7 Å². The summed E-state index contributed by atoms with van der Waals surface area (Å²) in [7, 11) is 1.29. The number of pyridine rings is 1. The van der Waals surface area contributed by atoms with Gasteiger partial charge < -0.3 is 25.8 Å². The largest absolute Gasteiger partial charge is 0.543 e. The number of nitrogens with zero attached hydrogens (tertiary/aromatic N) is 4. The zero-order valence-corrected chi connectivity index (χ0v) is 24.6. The first-order chi connectivity index (χ1) is 16.9. The van der Waals surface area contributed by atoms with Gasteiger partial charge in [-0.25, -0.2) is 4.98 Å². The van der Waals surface area contributed by atoms with Crippen molar-refractivity contribution in [1.82, 2.24) is 15.2 Å². The van der Waals surface area contributed by atoms with Gasteiger partial charge in [-0.15, -0.1) is 57.1 Å². The first-order valence-corrected chi connectivity index (χ1v) is 12.8. The number of halogens is 2. The van der Waals surface area contributed by atoms with Crippen LogP contribution >= 0.6 is 57.1 Å². The van der Waals surface area contributed by atoms with Gasteiger partial charge in [0, 0.05) is 34.8 Å². The molecule has 5 rings (SSSR count). The Labute approximate surface area is 241 Å². The van der Waals surface area contributed by atoms with Crippen LogP contribution in [0.25, 0.3) is 0 Å². The summed E-state index contributed by atoms with van der Waals surface area (Å²) in [4.78, 5) is 48.0. The summed E-state index contributed by atoms with van der Waals surface area (Å²) in [5.41, 5.74) is 8.69. The molecule has 2 aromatic heterocycles. The molecule has 3 N–H and O–H groups in total. The highest BCUT2D eigenvalue weighted by Gasteiger charge is 2.53. The van der Waals surface area contributed by atoms with Gasteiger partial charge >= 0.3 is 0 Å². The summed E-state index contributed by atoms with van der Waals surface area (Å²) < 4.78 is 2.05. The Kier molecular flexibility index (Phi) is 9.37. The minimum absolute atomic E-state index is 0. The van der Waals surface area contributed by atoms with Gasteiger partial charge in [0.2, 0.25) is 0 Å². The van der Waals surface area contributed by atoms with Crippen LogP contribution < -0.4 is 20.7 Å². The van der Waals surface area contributed by atoms with Gasteiger partial charge in [-0.05, 0) is 18.9 Å². The van der Waals surface area contributed by atoms with Crippen LogP contribution in [0.15, 0.2) is 40.1 Å². The molecular weight excluding hydrogens is 652 g/mol. The number of thioether (sulfide) groups is 1. The molecule has 1 aliphatic carbocycles. The second-order valence-electron chi connectivity index (χ2n) is 8.26. The maximum atomic E-state index is 13.0. The summed E-state index contributed by atoms with van der Waals surface area (Å²) in [6.45, 7) is 0.364. The molecule has 2 amide bonds. The van der Waals surface area contributed by atoms with Crippen molar-refractivity contribution in [2.24, 2.45) is 5.16 Å². The fourth-order valence-electron chi connectivity index (χ4n) is 4.66. The van der Waals surface area contributed by atoms with Crippen LogP contribution in [0.1, 0.15) is 23.4 Å². The monoisotopic (exact) mass is 674 g/mol. The molecule has 0 aromatic carbocycles. The Bertz CT molecular complexity index is 1300. The predicted octanol–water partition coefficient (Wildman–Crippen LogP) is 0.112. The number of hydrogen-bond acceptors (Lipinski definition) is 10. The van der Waals surface area contributed by atoms with Gasteiger partial charge in [-0.3, -0.25) is 14.5 Å². The minimum Gasteiger partial charge on any atom is -0.543 e. The maximum absolute atomic E-state index is 13.0. The molecule has 2 atom stereocenters. The highest BCUT2D eigenvalue weighted by Crippen LogP contribution is 2.40. The van der Waals surface area contributed by atoms with Crippen LogP contribution in [0.4, 0.5) is 5.13 Å². The van der Waals surface area contributed by atoms with Crippen LogP contribution in [0.3, 0.4) is 0 Å². The zero-order valence-electron chi connectivity index (χ0n) is 19.5. The molecule has 37 heavy (non-hydrogen) atoms. The quantitative estimate of drug-likeness (QED) is 0.182. The first-order valence-electron chi connectivity index (χ1n) is 10.9. The van der Waals surface area contributed by atoms with Crippen molar-refractivity contribution in [3.8, 4) is 0 Å². The van der Waals surface area contributed by atoms with Crippen molar-refractivity contribution in [3.05, 3.63) is 51.9 Å². The molecule has 0 bridgehead atoms. The zero-order chi connectivity index (χ0) is 24.7. The standard InChI is InChI=1S/C22H22N6O5S2.2BrH/c1-33-26-15(13-10-35-22(23)24-13)18(29)25-16-19(30)28-17(21(31)32)12(9-34-20(16)28)8-27-7-3-5-11-4-2-6-14(11)27;;/h3,5,7,10,16,20H,2,4,6,8-9H2,1H3,(H3-,23,24,25,29,31,32);2*1H/b26-15+;;/t16-,20-;;/m1../s1. The van der Waals surface area contributed by atoms with Crippen molar-refractivity contribution in [3.63, 3.8) is 0 Å². The number of amides is 2. The molecule has 1 fully saturated rings. The molecule has 15 heteroatoms. The van der Waals surface area contributed by atoms with Crippen molar-refractivity contribution < 1.29 is 28.9 Å². The number of fused-ring (bicyclic) bond motifs is 2. The average molecular weight is 676 g/mol. The number of carboxylic acid groups (broad SMARTS) is 1. The second kappa shape index (κ2) is 11.9. The third-order valence-electron chi connectivity index (χ3n) is 6.19. The fourth-order valence-corrected chi connectivity index (χ4v) is 6.54. The van der Waals surface area contributed by atoms with Gasteiger partial charge in [0.15, 0.2) is 29.3 Å². The predicted molar refractivity (Wildman–Crippen MR) is 146 cm³/mol. The molecule has 2 aliphatic heterocycles. The number of nitrogens with two attached hydrogens (primary N) is 1. The van der Waals surface area contributed by atoms with E-state index in [1.54, 1.807) is 5.38 Å². The number of β-lactam (4-membered cyclic amide) rings is 1. The van der Waals surface area contributed by atoms with E-state index in [1.807, 2.05) is 12.3 Å². The lowest BCUT2D eigenvalue weighted by Crippen LogP contribution is -2.71. The van der Waals surface area contributed by atoms with Gasteiger partial charge in [0.1, 0.15) is 24.2 Å². The van der Waals surface area contributed by atoms with Gasteiger partial charge in [0.25, 0.3) is 11.8 Å². The number of aryl methyl sites for hydroxylation is 1.